The van der Waals surface area contributed by atoms with Crippen molar-refractivity contribution >= 4 is 22.9 Å². The van der Waals surface area contributed by atoms with Crippen LogP contribution < -0.4 is 5.32 Å². The number of methoxy groups -OCH3 is 1. The van der Waals surface area contributed by atoms with Gasteiger partial charge in [0.2, 0.25) is 0 Å². The smallest absolute Gasteiger partial charge is 0.337 e. The van der Waals surface area contributed by atoms with Crippen molar-refractivity contribution in [2.24, 2.45) is 4.99 Å². The molecule has 1 saturated carbocycles. The van der Waals surface area contributed by atoms with E-state index in [0.29, 0.717) is 17.6 Å². The molecule has 1 aliphatic heterocycles. The molecule has 2 aliphatic rings. The van der Waals surface area contributed by atoms with Gasteiger partial charge in [-0.1, -0.05) is 36.7 Å². The predicted molar refractivity (Wildman–Crippen MR) is 85.7 cm³/mol. The van der Waals surface area contributed by atoms with Crippen LogP contribution in [-0.4, -0.2) is 30.3 Å². The summed E-state index contributed by atoms with van der Waals surface area (Å²) in [7, 11) is 1.40. The minimum atomic E-state index is -0.292. The Morgan fingerprint density at radius 1 is 1.33 bits per heavy atom. The van der Waals surface area contributed by atoms with Gasteiger partial charge in [0.1, 0.15) is 0 Å². The molecule has 2 atom stereocenters. The van der Waals surface area contributed by atoms with E-state index in [1.54, 1.807) is 11.8 Å². The van der Waals surface area contributed by atoms with Gasteiger partial charge in [-0.2, -0.15) is 0 Å². The lowest BCUT2D eigenvalue weighted by molar-refractivity contribution is 0.0600. The third-order valence-corrected chi connectivity index (χ3v) is 5.05. The maximum atomic E-state index is 11.4. The summed E-state index contributed by atoms with van der Waals surface area (Å²) in [5, 5.41) is 4.61. The number of hydrogen-bond acceptors (Lipinski definition) is 5. The number of benzene rings is 1. The second kappa shape index (κ2) is 6.52. The first-order valence-electron chi connectivity index (χ1n) is 7.40. The molecular formula is C16H20N2O2S. The lowest BCUT2D eigenvalue weighted by Gasteiger charge is -2.23. The molecule has 0 saturated heterocycles. The zero-order valence-corrected chi connectivity index (χ0v) is 13.0. The number of thioether (sulfide) groups is 1. The highest BCUT2D eigenvalue weighted by molar-refractivity contribution is 8.13. The van der Waals surface area contributed by atoms with Crippen LogP contribution in [0.4, 0.5) is 0 Å². The average Bonchev–Trinajstić information content (AvgIpc) is 2.95. The number of esters is 1. The number of rotatable bonds is 3. The number of ether oxygens (including phenoxy) is 1. The van der Waals surface area contributed by atoms with Gasteiger partial charge in [-0.05, 0) is 30.5 Å². The van der Waals surface area contributed by atoms with Gasteiger partial charge in [-0.15, -0.1) is 0 Å². The third-order valence-electron chi connectivity index (χ3n) is 4.07. The van der Waals surface area contributed by atoms with E-state index in [1.165, 1.54) is 38.4 Å². The number of aliphatic imine (C=N–C) groups is 1. The van der Waals surface area contributed by atoms with E-state index >= 15 is 0 Å². The van der Waals surface area contributed by atoms with E-state index in [9.17, 15) is 4.79 Å². The minimum Gasteiger partial charge on any atom is -0.465 e. The molecule has 0 bridgehead atoms. The molecule has 1 aromatic carbocycles. The van der Waals surface area contributed by atoms with Gasteiger partial charge < -0.3 is 10.1 Å². The van der Waals surface area contributed by atoms with Crippen LogP contribution in [-0.2, 0) is 10.5 Å². The summed E-state index contributed by atoms with van der Waals surface area (Å²) >= 11 is 1.75. The number of carbonyl (C=O) groups is 1. The maximum Gasteiger partial charge on any atom is 0.337 e. The molecule has 21 heavy (non-hydrogen) atoms. The molecule has 0 aromatic heterocycles. The summed E-state index contributed by atoms with van der Waals surface area (Å²) in [6, 6.07) is 8.62. The number of fused-ring (bicyclic) bond motifs is 1. The molecule has 1 aliphatic carbocycles. The fourth-order valence-electron chi connectivity index (χ4n) is 2.87. The number of hydrogen-bond donors (Lipinski definition) is 1. The minimum absolute atomic E-state index is 0.292. The summed E-state index contributed by atoms with van der Waals surface area (Å²) in [5.74, 6) is 0.576. The lowest BCUT2D eigenvalue weighted by atomic mass is 9.92. The highest BCUT2D eigenvalue weighted by Gasteiger charge is 2.30. The first-order chi connectivity index (χ1) is 10.3. The van der Waals surface area contributed by atoms with Crippen LogP contribution in [0.15, 0.2) is 29.3 Å². The molecule has 5 heteroatoms. The Labute approximate surface area is 129 Å². The summed E-state index contributed by atoms with van der Waals surface area (Å²) < 4.78 is 4.70. The number of amidine groups is 1. The molecule has 1 heterocycles. The second-order valence-electron chi connectivity index (χ2n) is 5.51. The van der Waals surface area contributed by atoms with Gasteiger partial charge in [-0.3, -0.25) is 4.99 Å². The molecule has 0 unspecified atom stereocenters. The van der Waals surface area contributed by atoms with Crippen molar-refractivity contribution in [3.05, 3.63) is 35.4 Å². The highest BCUT2D eigenvalue weighted by Crippen LogP contribution is 2.28. The van der Waals surface area contributed by atoms with E-state index in [4.69, 9.17) is 9.73 Å². The Hall–Kier alpha value is -1.49. The standard InChI is InChI=1S/C16H20N2O2S/c1-20-15(19)12-8-6-11(7-9-12)10-21-16-17-13-4-2-3-5-14(13)18-16/h6-9,13-14H,2-5,10H2,1H3,(H,17,18)/t13-,14-/m0/s1. The van der Waals surface area contributed by atoms with Gasteiger partial charge >= 0.3 is 5.97 Å². The van der Waals surface area contributed by atoms with Gasteiger partial charge in [0.05, 0.1) is 24.8 Å². The van der Waals surface area contributed by atoms with Gasteiger partial charge in [0.25, 0.3) is 0 Å². The van der Waals surface area contributed by atoms with Crippen molar-refractivity contribution in [3.8, 4) is 0 Å². The van der Waals surface area contributed by atoms with Crippen LogP contribution in [0.1, 0.15) is 41.6 Å². The Balaban J connectivity index is 1.54. The summed E-state index contributed by atoms with van der Waals surface area (Å²) in [6.45, 7) is 0. The molecule has 3 rings (SSSR count). The zero-order valence-electron chi connectivity index (χ0n) is 12.2. The van der Waals surface area contributed by atoms with Gasteiger partial charge in [-0.25, -0.2) is 4.79 Å². The van der Waals surface area contributed by atoms with Crippen LogP contribution in [0.25, 0.3) is 0 Å². The first kappa shape index (κ1) is 14.4. The molecule has 1 fully saturated rings. The molecule has 1 N–H and O–H groups in total. The molecular weight excluding hydrogens is 284 g/mol. The van der Waals surface area contributed by atoms with E-state index in [0.717, 1.165) is 10.9 Å². The van der Waals surface area contributed by atoms with Crippen molar-refractivity contribution in [2.45, 2.75) is 43.5 Å². The fourth-order valence-corrected chi connectivity index (χ4v) is 3.81. The monoisotopic (exact) mass is 304 g/mol. The number of carbonyl (C=O) groups excluding carboxylic acids is 1. The molecule has 0 radical (unpaired) electrons. The van der Waals surface area contributed by atoms with E-state index in [2.05, 4.69) is 5.32 Å². The zero-order chi connectivity index (χ0) is 14.7. The summed E-state index contributed by atoms with van der Waals surface area (Å²) in [4.78, 5) is 16.2. The van der Waals surface area contributed by atoms with E-state index in [-0.39, 0.29) is 5.97 Å². The van der Waals surface area contributed by atoms with Crippen molar-refractivity contribution in [2.75, 3.05) is 7.11 Å². The fraction of sp³-hybridized carbons (Fsp3) is 0.500. The van der Waals surface area contributed by atoms with Crippen molar-refractivity contribution in [1.29, 1.82) is 0 Å². The van der Waals surface area contributed by atoms with Crippen molar-refractivity contribution in [1.82, 2.24) is 5.32 Å². The predicted octanol–water partition coefficient (Wildman–Crippen LogP) is 2.98. The van der Waals surface area contributed by atoms with Crippen molar-refractivity contribution < 1.29 is 9.53 Å². The molecule has 0 spiro atoms. The molecule has 0 amide bonds. The highest BCUT2D eigenvalue weighted by atomic mass is 32.2. The van der Waals surface area contributed by atoms with Crippen molar-refractivity contribution in [3.63, 3.8) is 0 Å². The van der Waals surface area contributed by atoms with E-state index in [1.807, 2.05) is 24.3 Å². The molecule has 4 nitrogen and oxygen atoms in total. The number of nitrogens with one attached hydrogen (secondary N) is 1. The molecule has 112 valence electrons. The normalized spacial score (nSPS) is 24.0. The van der Waals surface area contributed by atoms with Crippen LogP contribution in [0.3, 0.4) is 0 Å². The first-order valence-corrected chi connectivity index (χ1v) is 8.39. The van der Waals surface area contributed by atoms with Gasteiger partial charge in [0.15, 0.2) is 5.17 Å². The quantitative estimate of drug-likeness (QED) is 0.872. The SMILES string of the molecule is COC(=O)c1ccc(CSC2=N[C@H]3CCCC[C@@H]3N2)cc1. The topological polar surface area (TPSA) is 50.7 Å². The Morgan fingerprint density at radius 3 is 2.81 bits per heavy atom. The van der Waals surface area contributed by atoms with Gasteiger partial charge in [0, 0.05) is 5.75 Å². The Bertz CT molecular complexity index is 542. The summed E-state index contributed by atoms with van der Waals surface area (Å²) in [5.41, 5.74) is 1.78. The third kappa shape index (κ3) is 3.40. The number of nitrogens with zero attached hydrogens (tertiary/aromatic N) is 1. The Morgan fingerprint density at radius 2 is 2.10 bits per heavy atom. The van der Waals surface area contributed by atoms with E-state index < -0.39 is 0 Å². The second-order valence-corrected chi connectivity index (χ2v) is 6.48. The van der Waals surface area contributed by atoms with Crippen LogP contribution in [0.2, 0.25) is 0 Å². The average molecular weight is 304 g/mol. The Kier molecular flexibility index (Phi) is 4.48. The molecule has 1 aromatic rings. The van der Waals surface area contributed by atoms with Crippen LogP contribution in [0, 0.1) is 0 Å². The van der Waals surface area contributed by atoms with Crippen LogP contribution >= 0.6 is 11.8 Å². The summed E-state index contributed by atoms with van der Waals surface area (Å²) in [6.07, 6.45) is 5.08. The van der Waals surface area contributed by atoms with Crippen LogP contribution in [0.5, 0.6) is 0 Å². The largest absolute Gasteiger partial charge is 0.465 e. The maximum absolute atomic E-state index is 11.4. The lowest BCUT2D eigenvalue weighted by Crippen LogP contribution is -2.36.